The molecule has 0 aliphatic heterocycles. The van der Waals surface area contributed by atoms with Gasteiger partial charge >= 0.3 is 5.69 Å². The number of hydrogen-bond donors (Lipinski definition) is 1. The van der Waals surface area contributed by atoms with Gasteiger partial charge in [0, 0.05) is 6.04 Å². The van der Waals surface area contributed by atoms with Gasteiger partial charge in [0.1, 0.15) is 5.15 Å². The van der Waals surface area contributed by atoms with Crippen molar-refractivity contribution in [3.05, 3.63) is 31.6 Å². The van der Waals surface area contributed by atoms with Crippen LogP contribution in [0.5, 0.6) is 0 Å². The zero-order valence-electron chi connectivity index (χ0n) is 9.30. The van der Waals surface area contributed by atoms with E-state index in [1.807, 2.05) is 13.8 Å². The molecule has 0 radical (unpaired) electrons. The van der Waals surface area contributed by atoms with E-state index in [4.69, 9.17) is 11.6 Å². The molecule has 5 heteroatoms. The zero-order chi connectivity index (χ0) is 11.7. The normalized spacial score (nSPS) is 11.4. The zero-order valence-corrected chi connectivity index (χ0v) is 10.1. The molecule has 0 spiro atoms. The predicted octanol–water partition coefficient (Wildman–Crippen LogP) is 1.89. The molecule has 0 saturated heterocycles. The maximum absolute atomic E-state index is 12.0. The number of aromatic nitrogens is 2. The molecule has 0 atom stereocenters. The van der Waals surface area contributed by atoms with Crippen LogP contribution in [-0.4, -0.2) is 9.55 Å². The van der Waals surface area contributed by atoms with Crippen LogP contribution in [0, 0.1) is 0 Å². The van der Waals surface area contributed by atoms with E-state index in [1.54, 1.807) is 13.8 Å². The van der Waals surface area contributed by atoms with Gasteiger partial charge in [-0.1, -0.05) is 25.4 Å². The van der Waals surface area contributed by atoms with Gasteiger partial charge in [0.2, 0.25) is 0 Å². The Morgan fingerprint density at radius 3 is 2.13 bits per heavy atom. The van der Waals surface area contributed by atoms with Crippen LogP contribution in [0.1, 0.15) is 45.2 Å². The van der Waals surface area contributed by atoms with Gasteiger partial charge in [-0.05, 0) is 19.8 Å². The molecule has 1 N–H and O–H groups in total. The van der Waals surface area contributed by atoms with Crippen molar-refractivity contribution in [2.24, 2.45) is 0 Å². The van der Waals surface area contributed by atoms with Crippen LogP contribution in [0.15, 0.2) is 9.59 Å². The van der Waals surface area contributed by atoms with Crippen LogP contribution in [0.4, 0.5) is 0 Å². The fraction of sp³-hybridized carbons (Fsp3) is 0.600. The SMILES string of the molecule is CC(C)c1c(Cl)[nH]c(=O)n(C(C)C)c1=O. The van der Waals surface area contributed by atoms with Crippen LogP contribution in [0.25, 0.3) is 0 Å². The Morgan fingerprint density at radius 2 is 1.73 bits per heavy atom. The Kier molecular flexibility index (Phi) is 3.39. The van der Waals surface area contributed by atoms with Gasteiger partial charge in [0.05, 0.1) is 5.56 Å². The van der Waals surface area contributed by atoms with E-state index < -0.39 is 5.69 Å². The van der Waals surface area contributed by atoms with Crippen LogP contribution in [0.2, 0.25) is 5.15 Å². The minimum atomic E-state index is -0.454. The number of rotatable bonds is 2. The molecule has 1 aromatic rings. The van der Waals surface area contributed by atoms with Crippen molar-refractivity contribution < 1.29 is 0 Å². The van der Waals surface area contributed by atoms with Crippen molar-refractivity contribution in [2.75, 3.05) is 0 Å². The molecule has 4 nitrogen and oxygen atoms in total. The molecule has 0 bridgehead atoms. The van der Waals surface area contributed by atoms with Crippen molar-refractivity contribution >= 4 is 11.6 Å². The molecule has 1 aromatic heterocycles. The summed E-state index contributed by atoms with van der Waals surface area (Å²) in [5, 5.41) is 0.150. The second-order valence-electron chi connectivity index (χ2n) is 4.08. The Bertz CT molecular complexity index is 471. The summed E-state index contributed by atoms with van der Waals surface area (Å²) >= 11 is 5.84. The molecule has 0 saturated carbocycles. The van der Waals surface area contributed by atoms with E-state index in [0.29, 0.717) is 5.56 Å². The van der Waals surface area contributed by atoms with Crippen molar-refractivity contribution in [3.63, 3.8) is 0 Å². The highest BCUT2D eigenvalue weighted by Crippen LogP contribution is 2.16. The first-order valence-electron chi connectivity index (χ1n) is 4.90. The number of hydrogen-bond acceptors (Lipinski definition) is 2. The smallest absolute Gasteiger partial charge is 0.297 e. The van der Waals surface area contributed by atoms with Gasteiger partial charge < -0.3 is 0 Å². The molecule has 1 rings (SSSR count). The number of aromatic amines is 1. The summed E-state index contributed by atoms with van der Waals surface area (Å²) in [4.78, 5) is 25.9. The summed E-state index contributed by atoms with van der Waals surface area (Å²) in [7, 11) is 0. The van der Waals surface area contributed by atoms with Gasteiger partial charge in [-0.25, -0.2) is 4.79 Å². The molecule has 0 unspecified atom stereocenters. The minimum Gasteiger partial charge on any atom is -0.297 e. The largest absolute Gasteiger partial charge is 0.329 e. The quantitative estimate of drug-likeness (QED) is 0.789. The van der Waals surface area contributed by atoms with Gasteiger partial charge in [-0.15, -0.1) is 0 Å². The second-order valence-corrected chi connectivity index (χ2v) is 4.46. The first kappa shape index (κ1) is 12.0. The fourth-order valence-corrected chi connectivity index (χ4v) is 1.89. The molecule has 0 aliphatic carbocycles. The maximum Gasteiger partial charge on any atom is 0.329 e. The van der Waals surface area contributed by atoms with E-state index >= 15 is 0 Å². The molecule has 0 aliphatic rings. The van der Waals surface area contributed by atoms with Gasteiger partial charge in [0.15, 0.2) is 0 Å². The van der Waals surface area contributed by atoms with Crippen molar-refractivity contribution in [1.82, 2.24) is 9.55 Å². The molecular weight excluding hydrogens is 216 g/mol. The number of halogens is 1. The lowest BCUT2D eigenvalue weighted by Crippen LogP contribution is -2.38. The lowest BCUT2D eigenvalue weighted by Gasteiger charge is -2.13. The highest BCUT2D eigenvalue weighted by atomic mass is 35.5. The first-order valence-corrected chi connectivity index (χ1v) is 5.28. The van der Waals surface area contributed by atoms with Crippen LogP contribution in [0.3, 0.4) is 0 Å². The number of nitrogens with one attached hydrogen (secondary N) is 1. The summed E-state index contributed by atoms with van der Waals surface area (Å²) in [5.74, 6) is -0.00755. The lowest BCUT2D eigenvalue weighted by atomic mass is 10.1. The standard InChI is InChI=1S/C10H15ClN2O2/c1-5(2)7-8(11)12-10(15)13(6(3)4)9(7)14/h5-6H,1-4H3,(H,12,15). The van der Waals surface area contributed by atoms with E-state index in [2.05, 4.69) is 4.98 Å². The third kappa shape index (κ3) is 2.15. The maximum atomic E-state index is 12.0. The number of nitrogens with zero attached hydrogens (tertiary/aromatic N) is 1. The molecule has 0 fully saturated rings. The van der Waals surface area contributed by atoms with Crippen molar-refractivity contribution in [3.8, 4) is 0 Å². The average molecular weight is 231 g/mol. The van der Waals surface area contributed by atoms with Crippen LogP contribution >= 0.6 is 11.6 Å². The van der Waals surface area contributed by atoms with E-state index in [1.165, 1.54) is 4.57 Å². The predicted molar refractivity (Wildman–Crippen MR) is 60.8 cm³/mol. The molecule has 15 heavy (non-hydrogen) atoms. The summed E-state index contributed by atoms with van der Waals surface area (Å²) in [6, 6.07) is -0.170. The molecule has 0 aromatic carbocycles. The molecule has 0 amide bonds. The summed E-state index contributed by atoms with van der Waals surface area (Å²) in [5.41, 5.74) is -0.289. The third-order valence-electron chi connectivity index (χ3n) is 2.21. The Balaban J connectivity index is 3.65. The highest BCUT2D eigenvalue weighted by Gasteiger charge is 2.16. The summed E-state index contributed by atoms with van der Waals surface area (Å²) in [6.45, 7) is 7.31. The Labute approximate surface area is 92.9 Å². The van der Waals surface area contributed by atoms with Crippen LogP contribution in [-0.2, 0) is 0 Å². The fourth-order valence-electron chi connectivity index (χ4n) is 1.51. The van der Waals surface area contributed by atoms with Crippen LogP contribution < -0.4 is 11.2 Å². The molecule has 84 valence electrons. The minimum absolute atomic E-state index is 0.00755. The third-order valence-corrected chi connectivity index (χ3v) is 2.51. The lowest BCUT2D eigenvalue weighted by molar-refractivity contribution is 0.536. The molecule has 1 heterocycles. The first-order chi connectivity index (χ1) is 6.86. The van der Waals surface area contributed by atoms with Gasteiger partial charge in [-0.3, -0.25) is 14.3 Å². The van der Waals surface area contributed by atoms with E-state index in [0.717, 1.165) is 0 Å². The van der Waals surface area contributed by atoms with E-state index in [-0.39, 0.29) is 22.7 Å². The van der Waals surface area contributed by atoms with Crippen molar-refractivity contribution in [2.45, 2.75) is 39.7 Å². The number of H-pyrrole nitrogens is 1. The molecular formula is C10H15ClN2O2. The summed E-state index contributed by atoms with van der Waals surface area (Å²) < 4.78 is 1.18. The topological polar surface area (TPSA) is 54.9 Å². The summed E-state index contributed by atoms with van der Waals surface area (Å²) in [6.07, 6.45) is 0. The Morgan fingerprint density at radius 1 is 1.20 bits per heavy atom. The monoisotopic (exact) mass is 230 g/mol. The highest BCUT2D eigenvalue weighted by molar-refractivity contribution is 6.30. The van der Waals surface area contributed by atoms with E-state index in [9.17, 15) is 9.59 Å². The van der Waals surface area contributed by atoms with Gasteiger partial charge in [0.25, 0.3) is 5.56 Å². The van der Waals surface area contributed by atoms with Gasteiger partial charge in [-0.2, -0.15) is 0 Å². The van der Waals surface area contributed by atoms with Crippen molar-refractivity contribution in [1.29, 1.82) is 0 Å². The second kappa shape index (κ2) is 4.23. The Hall–Kier alpha value is -1.03. The average Bonchev–Trinajstić information content (AvgIpc) is 1.99.